The Kier molecular flexibility index (Phi) is 6.19. The van der Waals surface area contributed by atoms with Gasteiger partial charge in [-0.1, -0.05) is 12.8 Å². The number of nitrogens with zero attached hydrogens (tertiary/aromatic N) is 1. The Hall–Kier alpha value is -3.17. The van der Waals surface area contributed by atoms with Gasteiger partial charge in [0.2, 0.25) is 5.78 Å². The summed E-state index contributed by atoms with van der Waals surface area (Å²) in [6, 6.07) is 2.26. The second-order valence-electron chi connectivity index (χ2n) is 11.1. The van der Waals surface area contributed by atoms with Gasteiger partial charge in [0.25, 0.3) is 0 Å². The SMILES string of the molecule is CC(=O)C1=C(O)[C@@]2(O)C(=O)C3=C(O)c4c(O)c(CNC5CCCC5)cc(N(C)C)c4C[C@H]3C[C@H]2CC1=O. The van der Waals surface area contributed by atoms with Crippen LogP contribution < -0.4 is 10.2 Å². The monoisotopic (exact) mass is 510 g/mol. The number of carbonyl (C=O) groups is 3. The van der Waals surface area contributed by atoms with Crippen LogP contribution in [0.25, 0.3) is 5.76 Å². The number of aliphatic hydroxyl groups excluding tert-OH is 2. The maximum Gasteiger partial charge on any atom is 0.202 e. The van der Waals surface area contributed by atoms with E-state index in [9.17, 15) is 34.8 Å². The van der Waals surface area contributed by atoms with E-state index in [-0.39, 0.29) is 29.7 Å². The first kappa shape index (κ1) is 25.5. The molecule has 2 fully saturated rings. The first-order chi connectivity index (χ1) is 17.5. The maximum atomic E-state index is 13.7. The van der Waals surface area contributed by atoms with E-state index in [1.54, 1.807) is 0 Å². The maximum absolute atomic E-state index is 13.7. The molecule has 9 nitrogen and oxygen atoms in total. The molecule has 2 saturated carbocycles. The summed E-state index contributed by atoms with van der Waals surface area (Å²) in [5.74, 6) is -5.21. The molecular weight excluding hydrogens is 476 g/mol. The molecule has 4 aliphatic carbocycles. The summed E-state index contributed by atoms with van der Waals surface area (Å²) in [7, 11) is 3.74. The molecule has 37 heavy (non-hydrogen) atoms. The average molecular weight is 511 g/mol. The fraction of sp³-hybridized carbons (Fsp3) is 0.536. The Morgan fingerprint density at radius 1 is 1.14 bits per heavy atom. The molecule has 0 unspecified atom stereocenters. The number of phenolic OH excluding ortho intramolecular Hbond substituents is 1. The minimum absolute atomic E-state index is 0.0871. The predicted octanol–water partition coefficient (Wildman–Crippen LogP) is 2.63. The van der Waals surface area contributed by atoms with E-state index in [1.165, 1.54) is 0 Å². The summed E-state index contributed by atoms with van der Waals surface area (Å²) in [6.07, 6.45) is 4.67. The summed E-state index contributed by atoms with van der Waals surface area (Å²) in [6.45, 7) is 1.49. The highest BCUT2D eigenvalue weighted by Gasteiger charge is 2.60. The number of aromatic hydroxyl groups is 1. The Morgan fingerprint density at radius 3 is 2.43 bits per heavy atom. The minimum atomic E-state index is -2.48. The van der Waals surface area contributed by atoms with Crippen LogP contribution in [0.2, 0.25) is 0 Å². The standard InChI is InChI=1S/C28H34N2O7/c1-13(31)21-20(32)11-16-8-14-9-18-19(30(2)3)10-15(12-29-17-6-4-5-7-17)24(33)23(18)25(34)22(14)27(36)28(16,37)26(21)35/h10,14,16-17,29,33-35,37H,4-9,11-12H2,1-3H3/t14-,16+,28-/m1/s1. The van der Waals surface area contributed by atoms with E-state index >= 15 is 0 Å². The van der Waals surface area contributed by atoms with Gasteiger partial charge < -0.3 is 30.6 Å². The highest BCUT2D eigenvalue weighted by Crippen LogP contribution is 2.53. The number of carbonyl (C=O) groups excluding carboxylic acids is 3. The van der Waals surface area contributed by atoms with E-state index < -0.39 is 51.9 Å². The van der Waals surface area contributed by atoms with Crippen molar-refractivity contribution in [3.05, 3.63) is 39.7 Å². The van der Waals surface area contributed by atoms with Crippen LogP contribution in [0.15, 0.2) is 23.0 Å². The lowest BCUT2D eigenvalue weighted by Crippen LogP contribution is -2.57. The van der Waals surface area contributed by atoms with E-state index in [1.807, 2.05) is 25.1 Å². The van der Waals surface area contributed by atoms with Gasteiger partial charge in [-0.05, 0) is 50.2 Å². The number of phenols is 1. The lowest BCUT2D eigenvalue weighted by Gasteiger charge is -2.46. The lowest BCUT2D eigenvalue weighted by molar-refractivity contribution is -0.147. The van der Waals surface area contributed by atoms with Crippen molar-refractivity contribution < 1.29 is 34.8 Å². The molecule has 0 aromatic heterocycles. The van der Waals surface area contributed by atoms with E-state index in [4.69, 9.17) is 0 Å². The van der Waals surface area contributed by atoms with Gasteiger partial charge in [-0.15, -0.1) is 0 Å². The van der Waals surface area contributed by atoms with E-state index in [2.05, 4.69) is 5.32 Å². The third-order valence-electron chi connectivity index (χ3n) is 8.64. The second-order valence-corrected chi connectivity index (χ2v) is 11.1. The fourth-order valence-electron chi connectivity index (χ4n) is 6.75. The van der Waals surface area contributed by atoms with Crippen molar-refractivity contribution in [1.82, 2.24) is 5.32 Å². The van der Waals surface area contributed by atoms with Gasteiger partial charge in [0.1, 0.15) is 22.8 Å². The van der Waals surface area contributed by atoms with Crippen molar-refractivity contribution in [3.8, 4) is 5.75 Å². The van der Waals surface area contributed by atoms with Gasteiger partial charge in [-0.25, -0.2) is 0 Å². The number of allylic oxidation sites excluding steroid dienone is 1. The van der Waals surface area contributed by atoms with E-state index in [0.717, 1.165) is 38.3 Å². The summed E-state index contributed by atoms with van der Waals surface area (Å²) < 4.78 is 0. The molecule has 0 aliphatic heterocycles. The summed E-state index contributed by atoms with van der Waals surface area (Å²) in [5, 5.41) is 48.5. The molecule has 5 rings (SSSR count). The molecule has 0 amide bonds. The Bertz CT molecular complexity index is 1270. The molecular formula is C28H34N2O7. The minimum Gasteiger partial charge on any atom is -0.508 e. The topological polar surface area (TPSA) is 147 Å². The summed E-state index contributed by atoms with van der Waals surface area (Å²) >= 11 is 0. The molecule has 0 heterocycles. The van der Waals surface area contributed by atoms with Gasteiger partial charge in [-0.2, -0.15) is 0 Å². The number of Topliss-reactive ketones (excluding diaryl/α,β-unsaturated/α-hetero) is 3. The summed E-state index contributed by atoms with van der Waals surface area (Å²) in [5.41, 5.74) is -0.911. The van der Waals surface area contributed by atoms with Crippen molar-refractivity contribution in [3.63, 3.8) is 0 Å². The molecule has 0 spiro atoms. The molecule has 1 aromatic carbocycles. The van der Waals surface area contributed by atoms with Crippen molar-refractivity contribution in [2.75, 3.05) is 19.0 Å². The quantitative estimate of drug-likeness (QED) is 0.377. The van der Waals surface area contributed by atoms with Crippen molar-refractivity contribution >= 4 is 28.8 Å². The zero-order chi connectivity index (χ0) is 26.8. The number of hydrogen-bond donors (Lipinski definition) is 5. The van der Waals surface area contributed by atoms with Crippen LogP contribution in [0.3, 0.4) is 0 Å². The number of ketones is 3. The van der Waals surface area contributed by atoms with Gasteiger partial charge in [0, 0.05) is 55.8 Å². The molecule has 198 valence electrons. The number of rotatable bonds is 5. The molecule has 3 atom stereocenters. The van der Waals surface area contributed by atoms with Crippen LogP contribution >= 0.6 is 0 Å². The van der Waals surface area contributed by atoms with Crippen LogP contribution in [0.4, 0.5) is 5.69 Å². The Morgan fingerprint density at radius 2 is 1.81 bits per heavy atom. The summed E-state index contributed by atoms with van der Waals surface area (Å²) in [4.78, 5) is 40.3. The van der Waals surface area contributed by atoms with Gasteiger partial charge in [0.05, 0.1) is 5.56 Å². The lowest BCUT2D eigenvalue weighted by atomic mass is 9.59. The fourth-order valence-corrected chi connectivity index (χ4v) is 6.75. The number of hydrogen-bond acceptors (Lipinski definition) is 9. The highest BCUT2D eigenvalue weighted by molar-refractivity contribution is 6.23. The van der Waals surface area contributed by atoms with Gasteiger partial charge in [-0.3, -0.25) is 14.4 Å². The first-order valence-corrected chi connectivity index (χ1v) is 12.9. The van der Waals surface area contributed by atoms with Crippen molar-refractivity contribution in [1.29, 1.82) is 0 Å². The Balaban J connectivity index is 1.63. The average Bonchev–Trinajstić information content (AvgIpc) is 3.34. The first-order valence-electron chi connectivity index (χ1n) is 12.9. The van der Waals surface area contributed by atoms with E-state index in [0.29, 0.717) is 30.1 Å². The molecule has 4 aliphatic rings. The molecule has 0 bridgehead atoms. The number of fused-ring (bicyclic) bond motifs is 3. The zero-order valence-corrected chi connectivity index (χ0v) is 21.4. The van der Waals surface area contributed by atoms with Crippen LogP contribution in [-0.4, -0.2) is 63.5 Å². The smallest absolute Gasteiger partial charge is 0.202 e. The number of benzene rings is 1. The normalized spacial score (nSPS) is 27.8. The van der Waals surface area contributed by atoms with Crippen LogP contribution in [-0.2, 0) is 27.3 Å². The van der Waals surface area contributed by atoms with Crippen molar-refractivity contribution in [2.24, 2.45) is 11.8 Å². The zero-order valence-electron chi connectivity index (χ0n) is 21.4. The molecule has 9 heteroatoms. The largest absolute Gasteiger partial charge is 0.508 e. The number of anilines is 1. The predicted molar refractivity (Wildman–Crippen MR) is 136 cm³/mol. The number of aliphatic hydroxyl groups is 3. The third kappa shape index (κ3) is 3.78. The van der Waals surface area contributed by atoms with Gasteiger partial charge in [0.15, 0.2) is 17.2 Å². The third-order valence-corrected chi connectivity index (χ3v) is 8.64. The molecule has 5 N–H and O–H groups in total. The highest BCUT2D eigenvalue weighted by atomic mass is 16.3. The molecule has 0 radical (unpaired) electrons. The molecule has 0 saturated heterocycles. The van der Waals surface area contributed by atoms with Gasteiger partial charge >= 0.3 is 0 Å². The molecule has 1 aromatic rings. The van der Waals surface area contributed by atoms with Crippen LogP contribution in [0.1, 0.15) is 62.1 Å². The van der Waals surface area contributed by atoms with Crippen molar-refractivity contribution in [2.45, 2.75) is 70.1 Å². The van der Waals surface area contributed by atoms with Crippen LogP contribution in [0, 0.1) is 11.8 Å². The van der Waals surface area contributed by atoms with Crippen LogP contribution in [0.5, 0.6) is 5.75 Å². The Labute approximate surface area is 215 Å². The number of nitrogens with one attached hydrogen (secondary N) is 1. The second kappa shape index (κ2) is 8.99.